The second kappa shape index (κ2) is 6.34. The molecule has 7 heteroatoms. The van der Waals surface area contributed by atoms with Gasteiger partial charge in [-0.2, -0.15) is 5.26 Å². The van der Waals surface area contributed by atoms with Crippen molar-refractivity contribution in [2.45, 2.75) is 11.8 Å². The molecule has 124 valence electrons. The van der Waals surface area contributed by atoms with Crippen LogP contribution in [0, 0.1) is 18.3 Å². The Labute approximate surface area is 145 Å². The second-order valence-corrected chi connectivity index (χ2v) is 7.23. The van der Waals surface area contributed by atoms with Gasteiger partial charge in [0, 0.05) is 16.8 Å². The minimum Gasteiger partial charge on any atom is -0.321 e. The lowest BCUT2D eigenvalue weighted by molar-refractivity contribution is -0.112. The van der Waals surface area contributed by atoms with Gasteiger partial charge in [0.05, 0.1) is 10.6 Å². The Kier molecular flexibility index (Phi) is 4.21. The van der Waals surface area contributed by atoms with Crippen LogP contribution in [-0.2, 0) is 14.6 Å². The molecule has 1 N–H and O–H groups in total. The number of nitrogens with one attached hydrogen (secondary N) is 1. The van der Waals surface area contributed by atoms with Crippen molar-refractivity contribution in [2.75, 3.05) is 5.32 Å². The highest BCUT2D eigenvalue weighted by Gasteiger charge is 2.21. The summed E-state index contributed by atoms with van der Waals surface area (Å²) in [6, 6.07) is 11.7. The number of benzene rings is 1. The number of aromatic nitrogens is 1. The molecule has 2 heterocycles. The van der Waals surface area contributed by atoms with Crippen LogP contribution in [0.5, 0.6) is 0 Å². The van der Waals surface area contributed by atoms with E-state index in [-0.39, 0.29) is 10.5 Å². The molecular weight excluding hydrogens is 338 g/mol. The molecule has 0 atom stereocenters. The van der Waals surface area contributed by atoms with Gasteiger partial charge in [-0.05, 0) is 48.9 Å². The van der Waals surface area contributed by atoms with Crippen LogP contribution in [0.3, 0.4) is 0 Å². The molecule has 1 aliphatic heterocycles. The predicted octanol–water partition coefficient (Wildman–Crippen LogP) is 2.69. The van der Waals surface area contributed by atoms with Crippen LogP contribution in [0.15, 0.2) is 52.3 Å². The lowest BCUT2D eigenvalue weighted by Gasteiger charge is -2.06. The third-order valence-electron chi connectivity index (χ3n) is 3.57. The third-order valence-corrected chi connectivity index (χ3v) is 5.03. The number of hydrogen-bond donors (Lipinski definition) is 1. The van der Waals surface area contributed by atoms with E-state index in [2.05, 4.69) is 10.3 Å². The highest BCUT2D eigenvalue weighted by molar-refractivity contribution is 7.94. The summed E-state index contributed by atoms with van der Waals surface area (Å²) in [6.07, 6.45) is 2.88. The number of sulfone groups is 1. The Balaban J connectivity index is 1.86. The molecule has 2 aromatic rings. The molecule has 0 saturated heterocycles. The average Bonchev–Trinajstić information content (AvgIpc) is 2.87. The van der Waals surface area contributed by atoms with Crippen molar-refractivity contribution in [2.24, 2.45) is 0 Å². The fourth-order valence-corrected chi connectivity index (χ4v) is 3.60. The van der Waals surface area contributed by atoms with E-state index in [9.17, 15) is 18.5 Å². The topological polar surface area (TPSA) is 99.9 Å². The summed E-state index contributed by atoms with van der Waals surface area (Å²) in [5.74, 6) is -0.630. The molecule has 0 bridgehead atoms. The van der Waals surface area contributed by atoms with Crippen molar-refractivity contribution >= 4 is 33.6 Å². The number of aryl methyl sites for hydroxylation is 1. The lowest BCUT2D eigenvalue weighted by Crippen LogP contribution is -2.14. The van der Waals surface area contributed by atoms with Crippen molar-refractivity contribution < 1.29 is 13.2 Å². The molecule has 1 aromatic heterocycles. The SMILES string of the molecule is Cc1cccc(/C=C(\C#N)C(=O)Nc2ccc3c(c2)S(=O)(=O)C=C3)n1. The number of hydrogen-bond acceptors (Lipinski definition) is 5. The Morgan fingerprint density at radius 3 is 2.80 bits per heavy atom. The zero-order valence-electron chi connectivity index (χ0n) is 13.2. The first-order valence-corrected chi connectivity index (χ1v) is 8.88. The minimum absolute atomic E-state index is 0.125. The van der Waals surface area contributed by atoms with Crippen LogP contribution in [0.2, 0.25) is 0 Å². The average molecular weight is 351 g/mol. The van der Waals surface area contributed by atoms with E-state index in [0.717, 1.165) is 11.1 Å². The van der Waals surface area contributed by atoms with Crippen LogP contribution >= 0.6 is 0 Å². The molecule has 1 amide bonds. The largest absolute Gasteiger partial charge is 0.321 e. The number of rotatable bonds is 3. The Hall–Kier alpha value is -3.24. The van der Waals surface area contributed by atoms with E-state index in [1.54, 1.807) is 24.3 Å². The summed E-state index contributed by atoms with van der Waals surface area (Å²) in [5.41, 5.74) is 2.00. The van der Waals surface area contributed by atoms with Gasteiger partial charge in [0.25, 0.3) is 5.91 Å². The highest BCUT2D eigenvalue weighted by atomic mass is 32.2. The van der Waals surface area contributed by atoms with Crippen molar-refractivity contribution in [1.29, 1.82) is 5.26 Å². The molecule has 0 saturated carbocycles. The molecule has 0 spiro atoms. The van der Waals surface area contributed by atoms with Crippen LogP contribution < -0.4 is 5.32 Å². The van der Waals surface area contributed by atoms with Crippen LogP contribution in [0.25, 0.3) is 12.2 Å². The van der Waals surface area contributed by atoms with E-state index >= 15 is 0 Å². The first-order valence-electron chi connectivity index (χ1n) is 7.33. The standard InChI is InChI=1S/C18H13N3O3S/c1-12-3-2-4-15(20-12)9-14(11-19)18(22)21-16-6-5-13-7-8-25(23,24)17(13)10-16/h2-10H,1H3,(H,21,22)/b14-9+. The van der Waals surface area contributed by atoms with Crippen molar-refractivity contribution in [3.63, 3.8) is 0 Å². The summed E-state index contributed by atoms with van der Waals surface area (Å²) in [6.45, 7) is 1.81. The van der Waals surface area contributed by atoms with E-state index in [0.29, 0.717) is 16.9 Å². The first-order chi connectivity index (χ1) is 11.9. The van der Waals surface area contributed by atoms with Gasteiger partial charge < -0.3 is 5.32 Å². The van der Waals surface area contributed by atoms with Crippen molar-refractivity contribution in [1.82, 2.24) is 4.98 Å². The normalized spacial score (nSPS) is 14.6. The predicted molar refractivity (Wildman–Crippen MR) is 93.9 cm³/mol. The number of pyridine rings is 1. The van der Waals surface area contributed by atoms with E-state index < -0.39 is 15.7 Å². The van der Waals surface area contributed by atoms with Crippen molar-refractivity contribution in [3.05, 3.63) is 64.3 Å². The summed E-state index contributed by atoms with van der Waals surface area (Å²) in [5, 5.41) is 12.9. The monoisotopic (exact) mass is 351 g/mol. The number of fused-ring (bicyclic) bond motifs is 1. The van der Waals surface area contributed by atoms with E-state index in [1.807, 2.05) is 19.1 Å². The number of carbonyl (C=O) groups excluding carboxylic acids is 1. The molecule has 25 heavy (non-hydrogen) atoms. The molecule has 1 aliphatic rings. The maximum absolute atomic E-state index is 12.3. The molecule has 6 nitrogen and oxygen atoms in total. The Bertz CT molecular complexity index is 1080. The smallest absolute Gasteiger partial charge is 0.266 e. The number of nitriles is 1. The van der Waals surface area contributed by atoms with Gasteiger partial charge in [-0.3, -0.25) is 9.78 Å². The maximum Gasteiger partial charge on any atom is 0.266 e. The van der Waals surface area contributed by atoms with Crippen LogP contribution in [0.1, 0.15) is 17.0 Å². The van der Waals surface area contributed by atoms with Gasteiger partial charge in [0.1, 0.15) is 11.6 Å². The number of nitrogens with zero attached hydrogens (tertiary/aromatic N) is 2. The van der Waals surface area contributed by atoms with Gasteiger partial charge >= 0.3 is 0 Å². The maximum atomic E-state index is 12.3. The van der Waals surface area contributed by atoms with Crippen LogP contribution in [0.4, 0.5) is 5.69 Å². The van der Waals surface area contributed by atoms with Crippen LogP contribution in [-0.4, -0.2) is 19.3 Å². The Morgan fingerprint density at radius 1 is 1.28 bits per heavy atom. The molecule has 0 radical (unpaired) electrons. The highest BCUT2D eigenvalue weighted by Crippen LogP contribution is 2.29. The summed E-state index contributed by atoms with van der Waals surface area (Å²) in [4.78, 5) is 16.7. The molecular formula is C18H13N3O3S. The van der Waals surface area contributed by atoms with Gasteiger partial charge in [0.2, 0.25) is 9.84 Å². The number of carbonyl (C=O) groups is 1. The quantitative estimate of drug-likeness (QED) is 0.677. The first kappa shape index (κ1) is 16.6. The molecule has 0 fully saturated rings. The zero-order chi connectivity index (χ0) is 18.0. The zero-order valence-corrected chi connectivity index (χ0v) is 14.0. The van der Waals surface area contributed by atoms with E-state index in [4.69, 9.17) is 0 Å². The lowest BCUT2D eigenvalue weighted by atomic mass is 10.1. The second-order valence-electron chi connectivity index (χ2n) is 5.43. The third kappa shape index (κ3) is 3.49. The summed E-state index contributed by atoms with van der Waals surface area (Å²) < 4.78 is 23.8. The van der Waals surface area contributed by atoms with Crippen molar-refractivity contribution in [3.8, 4) is 6.07 Å². The van der Waals surface area contributed by atoms with Gasteiger partial charge in [-0.1, -0.05) is 12.1 Å². The number of anilines is 1. The molecule has 0 aliphatic carbocycles. The van der Waals surface area contributed by atoms with Gasteiger partial charge in [0.15, 0.2) is 0 Å². The molecule has 1 aromatic carbocycles. The molecule has 0 unspecified atom stereocenters. The van der Waals surface area contributed by atoms with E-state index in [1.165, 1.54) is 18.2 Å². The van der Waals surface area contributed by atoms with Gasteiger partial charge in [-0.25, -0.2) is 8.42 Å². The molecule has 3 rings (SSSR count). The fourth-order valence-electron chi connectivity index (χ4n) is 2.37. The Morgan fingerprint density at radius 2 is 2.08 bits per heavy atom. The number of amides is 1. The summed E-state index contributed by atoms with van der Waals surface area (Å²) >= 11 is 0. The summed E-state index contributed by atoms with van der Waals surface area (Å²) in [7, 11) is -3.46. The fraction of sp³-hybridized carbons (Fsp3) is 0.0556. The van der Waals surface area contributed by atoms with Gasteiger partial charge in [-0.15, -0.1) is 0 Å². The minimum atomic E-state index is -3.46.